The van der Waals surface area contributed by atoms with Crippen LogP contribution < -0.4 is 0 Å². The fourth-order valence-electron chi connectivity index (χ4n) is 3.18. The number of nitrogens with zero attached hydrogens (tertiary/aromatic N) is 5. The van der Waals surface area contributed by atoms with Crippen molar-refractivity contribution in [1.29, 1.82) is 5.26 Å². The number of aromatic nitrogens is 3. The van der Waals surface area contributed by atoms with Crippen LogP contribution in [0.15, 0.2) is 22.7 Å². The molecule has 0 radical (unpaired) electrons. The van der Waals surface area contributed by atoms with Crippen molar-refractivity contribution in [2.24, 2.45) is 7.05 Å². The number of carbonyl (C=O) groups excluding carboxylic acids is 1. The quantitative estimate of drug-likeness (QED) is 0.750. The minimum Gasteiger partial charge on any atom is -0.326 e. The molecule has 0 bridgehead atoms. The molecule has 0 N–H and O–H groups in total. The number of hydrogen-bond acceptors (Lipinski definition) is 6. The zero-order chi connectivity index (χ0) is 17.9. The van der Waals surface area contributed by atoms with Crippen LogP contribution in [0.1, 0.15) is 32.1 Å². The number of amides is 1. The van der Waals surface area contributed by atoms with Crippen LogP contribution in [0.25, 0.3) is 10.7 Å². The lowest BCUT2D eigenvalue weighted by molar-refractivity contribution is -0.131. The molecule has 0 unspecified atom stereocenters. The van der Waals surface area contributed by atoms with Gasteiger partial charge in [-0.1, -0.05) is 37.1 Å². The molecule has 1 aliphatic carbocycles. The number of thiophene rings is 1. The topological polar surface area (TPSA) is 74.8 Å². The van der Waals surface area contributed by atoms with E-state index < -0.39 is 5.54 Å². The second-order valence-corrected chi connectivity index (χ2v) is 8.18. The Hall–Kier alpha value is -1.85. The molecule has 1 aliphatic rings. The van der Waals surface area contributed by atoms with Gasteiger partial charge in [0, 0.05) is 14.1 Å². The van der Waals surface area contributed by atoms with E-state index in [9.17, 15) is 10.1 Å². The van der Waals surface area contributed by atoms with Crippen LogP contribution in [0, 0.1) is 11.3 Å². The highest BCUT2D eigenvalue weighted by Gasteiger charge is 2.38. The van der Waals surface area contributed by atoms with Gasteiger partial charge in [0.25, 0.3) is 0 Å². The van der Waals surface area contributed by atoms with Gasteiger partial charge in [-0.3, -0.25) is 4.79 Å². The molecule has 132 valence electrons. The van der Waals surface area contributed by atoms with Gasteiger partial charge < -0.3 is 9.47 Å². The van der Waals surface area contributed by atoms with E-state index >= 15 is 0 Å². The van der Waals surface area contributed by atoms with Crippen molar-refractivity contribution in [3.63, 3.8) is 0 Å². The minimum absolute atomic E-state index is 0.0332. The van der Waals surface area contributed by atoms with Crippen LogP contribution in [0.2, 0.25) is 0 Å². The molecule has 8 heteroatoms. The fourth-order valence-corrected chi connectivity index (χ4v) is 4.75. The van der Waals surface area contributed by atoms with Crippen molar-refractivity contribution < 1.29 is 4.79 Å². The lowest BCUT2D eigenvalue weighted by atomic mass is 9.81. The van der Waals surface area contributed by atoms with Gasteiger partial charge in [0.1, 0.15) is 5.54 Å². The van der Waals surface area contributed by atoms with E-state index in [-0.39, 0.29) is 11.7 Å². The first-order valence-electron chi connectivity index (χ1n) is 8.31. The Labute approximate surface area is 155 Å². The second kappa shape index (κ2) is 7.58. The summed E-state index contributed by atoms with van der Waals surface area (Å²) < 4.78 is 1.91. The van der Waals surface area contributed by atoms with Crippen LogP contribution in [-0.2, 0) is 11.8 Å². The maximum atomic E-state index is 12.6. The summed E-state index contributed by atoms with van der Waals surface area (Å²) in [7, 11) is 3.66. The molecule has 2 aromatic heterocycles. The van der Waals surface area contributed by atoms with E-state index in [2.05, 4.69) is 16.3 Å². The second-order valence-electron chi connectivity index (χ2n) is 6.29. The van der Waals surface area contributed by atoms with Gasteiger partial charge in [0.2, 0.25) is 5.91 Å². The summed E-state index contributed by atoms with van der Waals surface area (Å²) in [5.74, 6) is 1.03. The molecular formula is C17H21N5OS2. The van der Waals surface area contributed by atoms with Crippen molar-refractivity contribution in [2.75, 3.05) is 12.8 Å². The van der Waals surface area contributed by atoms with Crippen LogP contribution in [0.4, 0.5) is 0 Å². The summed E-state index contributed by atoms with van der Waals surface area (Å²) in [5.41, 5.74) is -0.641. The standard InChI is InChI=1S/C17H21N5OS2/c1-21-15(13-7-6-10-24-13)19-20-16(21)25-11-14(23)22(2)17(12-18)8-4-3-5-9-17/h6-7,10H,3-5,8-9,11H2,1-2H3. The summed E-state index contributed by atoms with van der Waals surface area (Å²) >= 11 is 2.98. The predicted octanol–water partition coefficient (Wildman–Crippen LogP) is 3.32. The molecule has 3 rings (SSSR count). The molecule has 1 fully saturated rings. The molecule has 25 heavy (non-hydrogen) atoms. The first kappa shape index (κ1) is 18.0. The molecule has 1 amide bonds. The third-order valence-electron chi connectivity index (χ3n) is 4.81. The molecule has 0 saturated heterocycles. The van der Waals surface area contributed by atoms with Crippen LogP contribution >= 0.6 is 23.1 Å². The van der Waals surface area contributed by atoms with Gasteiger partial charge in [0.05, 0.1) is 16.7 Å². The number of nitriles is 1. The average Bonchev–Trinajstić information content (AvgIpc) is 3.29. The van der Waals surface area contributed by atoms with E-state index in [1.54, 1.807) is 23.3 Å². The van der Waals surface area contributed by atoms with Crippen molar-refractivity contribution >= 4 is 29.0 Å². The van der Waals surface area contributed by atoms with Crippen molar-refractivity contribution in [1.82, 2.24) is 19.7 Å². The maximum Gasteiger partial charge on any atom is 0.234 e. The van der Waals surface area contributed by atoms with Gasteiger partial charge in [-0.25, -0.2) is 0 Å². The van der Waals surface area contributed by atoms with E-state index in [1.807, 2.05) is 29.1 Å². The van der Waals surface area contributed by atoms with Gasteiger partial charge in [0.15, 0.2) is 11.0 Å². The Bertz CT molecular complexity index is 772. The van der Waals surface area contributed by atoms with Crippen molar-refractivity contribution in [2.45, 2.75) is 42.8 Å². The maximum absolute atomic E-state index is 12.6. The van der Waals surface area contributed by atoms with Gasteiger partial charge in [-0.15, -0.1) is 21.5 Å². The van der Waals surface area contributed by atoms with Crippen molar-refractivity contribution in [3.8, 4) is 16.8 Å². The smallest absolute Gasteiger partial charge is 0.234 e. The predicted molar refractivity (Wildman–Crippen MR) is 99.2 cm³/mol. The van der Waals surface area contributed by atoms with Crippen LogP contribution in [-0.4, -0.2) is 43.9 Å². The van der Waals surface area contributed by atoms with E-state index in [0.29, 0.717) is 5.16 Å². The largest absolute Gasteiger partial charge is 0.326 e. The molecule has 6 nitrogen and oxygen atoms in total. The van der Waals surface area contributed by atoms with Gasteiger partial charge >= 0.3 is 0 Å². The SMILES string of the molecule is CN(C(=O)CSc1nnc(-c2cccs2)n1C)C1(C#N)CCCCC1. The van der Waals surface area contributed by atoms with Crippen molar-refractivity contribution in [3.05, 3.63) is 17.5 Å². The fraction of sp³-hybridized carbons (Fsp3) is 0.529. The zero-order valence-electron chi connectivity index (χ0n) is 14.4. The number of hydrogen-bond donors (Lipinski definition) is 0. The first-order valence-corrected chi connectivity index (χ1v) is 10.2. The number of carbonyl (C=O) groups is 1. The molecular weight excluding hydrogens is 354 g/mol. The Morgan fingerprint density at radius 2 is 2.20 bits per heavy atom. The number of thioether (sulfide) groups is 1. The third kappa shape index (κ3) is 3.58. The minimum atomic E-state index is -0.641. The van der Waals surface area contributed by atoms with Crippen LogP contribution in [0.3, 0.4) is 0 Å². The highest BCUT2D eigenvalue weighted by atomic mass is 32.2. The van der Waals surface area contributed by atoms with E-state index in [1.165, 1.54) is 11.8 Å². The molecule has 0 spiro atoms. The average molecular weight is 376 g/mol. The Kier molecular flexibility index (Phi) is 5.45. The molecule has 2 aromatic rings. The van der Waals surface area contributed by atoms with Gasteiger partial charge in [-0.05, 0) is 24.3 Å². The molecule has 2 heterocycles. The van der Waals surface area contributed by atoms with E-state index in [4.69, 9.17) is 0 Å². The highest BCUT2D eigenvalue weighted by Crippen LogP contribution is 2.33. The van der Waals surface area contributed by atoms with Gasteiger partial charge in [-0.2, -0.15) is 5.26 Å². The zero-order valence-corrected chi connectivity index (χ0v) is 16.1. The molecule has 0 aromatic carbocycles. The summed E-state index contributed by atoms with van der Waals surface area (Å²) in [6.45, 7) is 0. The third-order valence-corrected chi connectivity index (χ3v) is 6.68. The Morgan fingerprint density at radius 1 is 1.44 bits per heavy atom. The molecule has 1 saturated carbocycles. The number of rotatable bonds is 5. The van der Waals surface area contributed by atoms with E-state index in [0.717, 1.165) is 42.8 Å². The highest BCUT2D eigenvalue weighted by molar-refractivity contribution is 7.99. The molecule has 0 atom stereocenters. The molecule has 0 aliphatic heterocycles. The normalized spacial score (nSPS) is 16.4. The Morgan fingerprint density at radius 3 is 2.84 bits per heavy atom. The monoisotopic (exact) mass is 375 g/mol. The lowest BCUT2D eigenvalue weighted by Crippen LogP contribution is -2.50. The summed E-state index contributed by atoms with van der Waals surface area (Å²) in [6.07, 6.45) is 4.69. The van der Waals surface area contributed by atoms with Crippen LogP contribution in [0.5, 0.6) is 0 Å². The summed E-state index contributed by atoms with van der Waals surface area (Å²) in [5, 5.41) is 20.8. The lowest BCUT2D eigenvalue weighted by Gasteiger charge is -2.39. The Balaban J connectivity index is 1.65. The first-order chi connectivity index (χ1) is 12.1. The summed E-state index contributed by atoms with van der Waals surface area (Å²) in [6, 6.07) is 6.37. The summed E-state index contributed by atoms with van der Waals surface area (Å²) in [4.78, 5) is 15.3.